The summed E-state index contributed by atoms with van der Waals surface area (Å²) in [5, 5.41) is 23.4. The van der Waals surface area contributed by atoms with E-state index in [4.69, 9.17) is 11.6 Å². The van der Waals surface area contributed by atoms with Gasteiger partial charge in [0.15, 0.2) is 0 Å². The molecule has 5 aromatic rings. The fourth-order valence-electron chi connectivity index (χ4n) is 5.16. The highest BCUT2D eigenvalue weighted by atomic mass is 35.5. The summed E-state index contributed by atoms with van der Waals surface area (Å²) in [5.41, 5.74) is 3.90. The van der Waals surface area contributed by atoms with E-state index in [1.165, 1.54) is 21.3 Å². The zero-order chi connectivity index (χ0) is 26.6. The number of anilines is 1. The molecule has 10 heteroatoms. The van der Waals surface area contributed by atoms with Gasteiger partial charge in [-0.1, -0.05) is 17.7 Å². The second-order valence-electron chi connectivity index (χ2n) is 9.71. The summed E-state index contributed by atoms with van der Waals surface area (Å²) in [7, 11) is 1.65. The number of piperazine rings is 1. The van der Waals surface area contributed by atoms with Gasteiger partial charge in [-0.15, -0.1) is 0 Å². The lowest BCUT2D eigenvalue weighted by Crippen LogP contribution is -2.49. The van der Waals surface area contributed by atoms with Gasteiger partial charge < -0.3 is 19.9 Å². The van der Waals surface area contributed by atoms with Gasteiger partial charge in [-0.3, -0.25) is 9.67 Å². The van der Waals surface area contributed by atoms with E-state index in [9.17, 15) is 9.90 Å². The number of phenols is 1. The third-order valence-corrected chi connectivity index (χ3v) is 7.40. The van der Waals surface area contributed by atoms with Crippen molar-refractivity contribution in [3.8, 4) is 33.7 Å². The molecular weight excluding hydrogens is 507 g/mol. The number of fused-ring (bicyclic) bond motifs is 1. The van der Waals surface area contributed by atoms with Gasteiger partial charge in [0.05, 0.1) is 22.4 Å². The van der Waals surface area contributed by atoms with Crippen molar-refractivity contribution in [2.24, 2.45) is 7.05 Å². The van der Waals surface area contributed by atoms with Crippen LogP contribution in [-0.4, -0.2) is 50.1 Å². The van der Waals surface area contributed by atoms with E-state index in [0.29, 0.717) is 39.0 Å². The second-order valence-corrected chi connectivity index (χ2v) is 10.1. The van der Waals surface area contributed by atoms with Crippen LogP contribution in [0.3, 0.4) is 0 Å². The van der Waals surface area contributed by atoms with Gasteiger partial charge in [-0.05, 0) is 54.4 Å². The average Bonchev–Trinajstić information content (AvgIpc) is 3.51. The fraction of sp³-hybridized carbons (Fsp3) is 0.214. The smallest absolute Gasteiger partial charge is 0.332 e. The number of halogens is 2. The molecular formula is C28H26ClFN6O2. The van der Waals surface area contributed by atoms with E-state index < -0.39 is 5.82 Å². The zero-order valence-corrected chi connectivity index (χ0v) is 21.6. The molecule has 1 aliphatic rings. The molecule has 0 saturated carbocycles. The minimum atomic E-state index is -0.491. The maximum absolute atomic E-state index is 15.0. The van der Waals surface area contributed by atoms with Gasteiger partial charge in [-0.2, -0.15) is 5.10 Å². The van der Waals surface area contributed by atoms with E-state index in [2.05, 4.69) is 27.3 Å². The number of imidazole rings is 1. The normalized spacial score (nSPS) is 15.9. The first-order valence-corrected chi connectivity index (χ1v) is 12.7. The van der Waals surface area contributed by atoms with Crippen molar-refractivity contribution in [2.45, 2.75) is 13.0 Å². The SMILES string of the molecule is C[C@H]1CN(c2cc(-c3cc(F)cc(-c4ccc(-n5ccn(C)c5=O)c(Cl)c4)c3O)cc3[nH]ncc23)CCN1. The Morgan fingerprint density at radius 3 is 2.58 bits per heavy atom. The summed E-state index contributed by atoms with van der Waals surface area (Å²) < 4.78 is 17.9. The zero-order valence-electron chi connectivity index (χ0n) is 20.9. The molecule has 1 saturated heterocycles. The highest BCUT2D eigenvalue weighted by Crippen LogP contribution is 2.42. The van der Waals surface area contributed by atoms with Gasteiger partial charge in [0, 0.05) is 67.3 Å². The summed E-state index contributed by atoms with van der Waals surface area (Å²) in [6.07, 6.45) is 5.06. The van der Waals surface area contributed by atoms with Crippen LogP contribution < -0.4 is 15.9 Å². The van der Waals surface area contributed by atoms with Crippen molar-refractivity contribution in [2.75, 3.05) is 24.5 Å². The molecule has 0 amide bonds. The first-order chi connectivity index (χ1) is 18.3. The van der Waals surface area contributed by atoms with Crippen molar-refractivity contribution in [3.63, 3.8) is 0 Å². The Morgan fingerprint density at radius 1 is 1.08 bits per heavy atom. The molecule has 1 aliphatic heterocycles. The van der Waals surface area contributed by atoms with Gasteiger partial charge in [-0.25, -0.2) is 9.18 Å². The summed E-state index contributed by atoms with van der Waals surface area (Å²) in [5.74, 6) is -0.556. The largest absolute Gasteiger partial charge is 0.507 e. The standard InChI is InChI=1S/C28H26ClFN6O2/c1-16-15-35(6-5-31-16)26-11-18(10-24-22(26)14-32-33-24)21-13-19(30)12-20(27(21)37)17-3-4-25(23(29)9-17)36-8-7-34(2)28(36)38/h3-4,7-14,16,31,37H,5-6,15H2,1-2H3,(H,32,33)/t16-/m0/s1. The van der Waals surface area contributed by atoms with E-state index in [0.717, 1.165) is 36.2 Å². The van der Waals surface area contributed by atoms with Gasteiger partial charge >= 0.3 is 5.69 Å². The Bertz CT molecular complexity index is 1740. The molecule has 0 unspecified atom stereocenters. The molecule has 3 heterocycles. The number of rotatable bonds is 4. The molecule has 3 aromatic carbocycles. The lowest BCUT2D eigenvalue weighted by Gasteiger charge is -2.34. The van der Waals surface area contributed by atoms with Crippen LogP contribution in [0.15, 0.2) is 65.8 Å². The second kappa shape index (κ2) is 9.34. The summed E-state index contributed by atoms with van der Waals surface area (Å²) in [6.45, 7) is 4.63. The van der Waals surface area contributed by atoms with Crippen LogP contribution in [0.2, 0.25) is 5.02 Å². The van der Waals surface area contributed by atoms with Gasteiger partial charge in [0.25, 0.3) is 0 Å². The number of aryl methyl sites for hydroxylation is 1. The molecule has 194 valence electrons. The molecule has 0 radical (unpaired) electrons. The van der Waals surface area contributed by atoms with Gasteiger partial charge in [0.1, 0.15) is 11.6 Å². The summed E-state index contributed by atoms with van der Waals surface area (Å²) in [4.78, 5) is 14.7. The molecule has 1 fully saturated rings. The first kappa shape index (κ1) is 24.3. The first-order valence-electron chi connectivity index (χ1n) is 12.3. The minimum Gasteiger partial charge on any atom is -0.507 e. The Balaban J connectivity index is 1.46. The van der Waals surface area contributed by atoms with Crippen LogP contribution in [0.4, 0.5) is 10.1 Å². The molecule has 0 bridgehead atoms. The number of H-pyrrole nitrogens is 1. The van der Waals surface area contributed by atoms with Crippen molar-refractivity contribution >= 4 is 28.2 Å². The average molecular weight is 533 g/mol. The van der Waals surface area contributed by atoms with E-state index >= 15 is 4.39 Å². The maximum Gasteiger partial charge on any atom is 0.332 e. The quantitative estimate of drug-likeness (QED) is 0.312. The van der Waals surface area contributed by atoms with Crippen LogP contribution in [-0.2, 0) is 7.05 Å². The maximum atomic E-state index is 15.0. The van der Waals surface area contributed by atoms with Crippen LogP contribution in [0, 0.1) is 5.82 Å². The highest BCUT2D eigenvalue weighted by molar-refractivity contribution is 6.32. The lowest BCUT2D eigenvalue weighted by molar-refractivity contribution is 0.477. The Hall–Kier alpha value is -4.08. The van der Waals surface area contributed by atoms with Crippen LogP contribution >= 0.6 is 11.6 Å². The number of benzene rings is 3. The number of aromatic nitrogens is 4. The molecule has 0 aliphatic carbocycles. The van der Waals surface area contributed by atoms with Crippen molar-refractivity contribution in [3.05, 3.63) is 82.4 Å². The Morgan fingerprint density at radius 2 is 1.87 bits per heavy atom. The van der Waals surface area contributed by atoms with Gasteiger partial charge in [0.2, 0.25) is 0 Å². The van der Waals surface area contributed by atoms with Crippen molar-refractivity contribution in [1.29, 1.82) is 0 Å². The summed E-state index contributed by atoms with van der Waals surface area (Å²) in [6, 6.07) is 11.8. The number of nitrogens with one attached hydrogen (secondary N) is 2. The number of aromatic amines is 1. The van der Waals surface area contributed by atoms with Crippen molar-refractivity contribution in [1.82, 2.24) is 24.6 Å². The van der Waals surface area contributed by atoms with Crippen LogP contribution in [0.25, 0.3) is 38.8 Å². The Labute approximate surface area is 222 Å². The monoisotopic (exact) mass is 532 g/mol. The van der Waals surface area contributed by atoms with Crippen LogP contribution in [0.5, 0.6) is 5.75 Å². The molecule has 1 atom stereocenters. The summed E-state index contributed by atoms with van der Waals surface area (Å²) >= 11 is 6.55. The van der Waals surface area contributed by atoms with E-state index in [-0.39, 0.29) is 11.4 Å². The lowest BCUT2D eigenvalue weighted by atomic mass is 9.95. The third-order valence-electron chi connectivity index (χ3n) is 7.10. The Kier molecular flexibility index (Phi) is 5.97. The third kappa shape index (κ3) is 4.13. The highest BCUT2D eigenvalue weighted by Gasteiger charge is 2.22. The number of aromatic hydroxyl groups is 1. The number of nitrogens with zero attached hydrogens (tertiary/aromatic N) is 4. The predicted molar refractivity (Wildman–Crippen MR) is 148 cm³/mol. The fourth-order valence-corrected chi connectivity index (χ4v) is 5.43. The molecule has 6 rings (SSSR count). The molecule has 2 aromatic heterocycles. The molecule has 38 heavy (non-hydrogen) atoms. The number of phenolic OH excluding ortho intramolecular Hbond substituents is 1. The van der Waals surface area contributed by atoms with E-state index in [1.807, 2.05) is 12.1 Å². The van der Waals surface area contributed by atoms with Crippen LogP contribution in [0.1, 0.15) is 6.92 Å². The van der Waals surface area contributed by atoms with Crippen molar-refractivity contribution < 1.29 is 9.50 Å². The molecule has 3 N–H and O–H groups in total. The number of hydrogen-bond donors (Lipinski definition) is 3. The molecule has 8 nitrogen and oxygen atoms in total. The minimum absolute atomic E-state index is 0.0643. The van der Waals surface area contributed by atoms with E-state index in [1.54, 1.807) is 43.8 Å². The topological polar surface area (TPSA) is 91.1 Å². The number of hydrogen-bond acceptors (Lipinski definition) is 5. The predicted octanol–water partition coefficient (Wildman–Crippen LogP) is 4.68. The molecule has 0 spiro atoms.